The second kappa shape index (κ2) is 7.62. The van der Waals surface area contributed by atoms with Crippen LogP contribution in [0.15, 0.2) is 30.3 Å². The topological polar surface area (TPSA) is 58.4 Å². The van der Waals surface area contributed by atoms with Crippen molar-refractivity contribution >= 4 is 24.0 Å². The molecular formula is C15H24ClN3O. The van der Waals surface area contributed by atoms with Gasteiger partial charge in [0, 0.05) is 18.3 Å². The highest BCUT2D eigenvalue weighted by Crippen LogP contribution is 2.21. The molecule has 4 nitrogen and oxygen atoms in total. The summed E-state index contributed by atoms with van der Waals surface area (Å²) in [7, 11) is 0. The lowest BCUT2D eigenvalue weighted by Gasteiger charge is -2.24. The largest absolute Gasteiger partial charge is 0.328 e. The van der Waals surface area contributed by atoms with Gasteiger partial charge in [0.05, 0.1) is 6.04 Å². The van der Waals surface area contributed by atoms with E-state index in [-0.39, 0.29) is 30.4 Å². The first-order chi connectivity index (χ1) is 9.08. The number of benzene rings is 1. The van der Waals surface area contributed by atoms with Crippen molar-refractivity contribution in [2.75, 3.05) is 18.4 Å². The number of rotatable bonds is 4. The van der Waals surface area contributed by atoms with Gasteiger partial charge >= 0.3 is 0 Å². The quantitative estimate of drug-likeness (QED) is 0.895. The van der Waals surface area contributed by atoms with Gasteiger partial charge in [0.15, 0.2) is 0 Å². The Balaban J connectivity index is 0.00000200. The molecule has 3 atom stereocenters. The van der Waals surface area contributed by atoms with Gasteiger partial charge in [-0.3, -0.25) is 9.69 Å². The molecule has 2 rings (SSSR count). The Morgan fingerprint density at radius 2 is 2.00 bits per heavy atom. The van der Waals surface area contributed by atoms with Crippen molar-refractivity contribution in [1.82, 2.24) is 4.90 Å². The van der Waals surface area contributed by atoms with Crippen LogP contribution in [0.2, 0.25) is 0 Å². The smallest absolute Gasteiger partial charge is 0.241 e. The molecule has 1 amide bonds. The Morgan fingerprint density at radius 3 is 2.55 bits per heavy atom. The lowest BCUT2D eigenvalue weighted by Crippen LogP contribution is -2.41. The molecule has 1 saturated heterocycles. The Bertz CT molecular complexity index is 424. The Hall–Kier alpha value is -1.10. The minimum Gasteiger partial charge on any atom is -0.328 e. The molecule has 20 heavy (non-hydrogen) atoms. The molecule has 1 aliphatic rings. The zero-order chi connectivity index (χ0) is 13.8. The molecule has 1 aliphatic heterocycles. The summed E-state index contributed by atoms with van der Waals surface area (Å²) in [5.74, 6) is 0.559. The Labute approximate surface area is 127 Å². The van der Waals surface area contributed by atoms with Gasteiger partial charge in [0.1, 0.15) is 0 Å². The van der Waals surface area contributed by atoms with E-state index in [1.807, 2.05) is 44.2 Å². The minimum atomic E-state index is -0.107. The van der Waals surface area contributed by atoms with Crippen LogP contribution in [0.3, 0.4) is 0 Å². The lowest BCUT2D eigenvalue weighted by atomic mass is 10.0. The number of nitrogens with two attached hydrogens (primary N) is 1. The number of likely N-dealkylation sites (tertiary alicyclic amines) is 1. The Morgan fingerprint density at radius 1 is 1.35 bits per heavy atom. The van der Waals surface area contributed by atoms with Gasteiger partial charge in [0.25, 0.3) is 0 Å². The van der Waals surface area contributed by atoms with Crippen LogP contribution >= 0.6 is 12.4 Å². The van der Waals surface area contributed by atoms with E-state index in [9.17, 15) is 4.79 Å². The maximum atomic E-state index is 12.2. The second-order valence-corrected chi connectivity index (χ2v) is 5.43. The van der Waals surface area contributed by atoms with Crippen LogP contribution < -0.4 is 11.1 Å². The summed E-state index contributed by atoms with van der Waals surface area (Å²) in [6.07, 6.45) is 1.08. The summed E-state index contributed by atoms with van der Waals surface area (Å²) in [5.41, 5.74) is 6.78. The fraction of sp³-hybridized carbons (Fsp3) is 0.533. The third kappa shape index (κ3) is 4.20. The van der Waals surface area contributed by atoms with Crippen LogP contribution in [0.5, 0.6) is 0 Å². The molecule has 1 aromatic carbocycles. The van der Waals surface area contributed by atoms with Crippen molar-refractivity contribution in [3.8, 4) is 0 Å². The van der Waals surface area contributed by atoms with Crippen LogP contribution in [0.4, 0.5) is 5.69 Å². The van der Waals surface area contributed by atoms with E-state index in [4.69, 9.17) is 5.73 Å². The highest BCUT2D eigenvalue weighted by atomic mass is 35.5. The van der Waals surface area contributed by atoms with Crippen LogP contribution in [-0.2, 0) is 4.79 Å². The predicted molar refractivity (Wildman–Crippen MR) is 85.1 cm³/mol. The van der Waals surface area contributed by atoms with Crippen molar-refractivity contribution in [3.05, 3.63) is 30.3 Å². The first kappa shape index (κ1) is 17.0. The molecule has 5 heteroatoms. The average Bonchev–Trinajstić information content (AvgIpc) is 2.88. The highest BCUT2D eigenvalue weighted by Gasteiger charge is 2.31. The van der Waals surface area contributed by atoms with E-state index in [0.29, 0.717) is 5.92 Å². The number of amides is 1. The minimum absolute atomic E-state index is 0. The molecule has 0 spiro atoms. The summed E-state index contributed by atoms with van der Waals surface area (Å²) in [4.78, 5) is 14.4. The summed E-state index contributed by atoms with van der Waals surface area (Å²) in [6.45, 7) is 5.88. The number of nitrogens with one attached hydrogen (secondary N) is 1. The van der Waals surface area contributed by atoms with Crippen LogP contribution in [0, 0.1) is 5.92 Å². The number of hydrogen-bond donors (Lipinski definition) is 2. The number of anilines is 1. The molecule has 112 valence electrons. The molecule has 0 saturated carbocycles. The molecule has 0 radical (unpaired) electrons. The van der Waals surface area contributed by atoms with Gasteiger partial charge in [-0.25, -0.2) is 0 Å². The molecule has 1 fully saturated rings. The number of halogens is 1. The third-order valence-corrected chi connectivity index (χ3v) is 3.97. The molecule has 0 aliphatic carbocycles. The van der Waals surface area contributed by atoms with E-state index >= 15 is 0 Å². The average molecular weight is 298 g/mol. The van der Waals surface area contributed by atoms with Gasteiger partial charge in [-0.15, -0.1) is 12.4 Å². The zero-order valence-corrected chi connectivity index (χ0v) is 12.9. The van der Waals surface area contributed by atoms with E-state index in [2.05, 4.69) is 10.2 Å². The van der Waals surface area contributed by atoms with Gasteiger partial charge in [-0.05, 0) is 44.9 Å². The molecule has 3 N–H and O–H groups in total. The maximum Gasteiger partial charge on any atom is 0.241 e. The maximum absolute atomic E-state index is 12.2. The van der Waals surface area contributed by atoms with Gasteiger partial charge < -0.3 is 11.1 Å². The summed E-state index contributed by atoms with van der Waals surface area (Å²) < 4.78 is 0. The van der Waals surface area contributed by atoms with Crippen molar-refractivity contribution < 1.29 is 4.79 Å². The third-order valence-electron chi connectivity index (χ3n) is 3.97. The second-order valence-electron chi connectivity index (χ2n) is 5.43. The normalized spacial score (nSPS) is 21.9. The van der Waals surface area contributed by atoms with Crippen LogP contribution in [0.25, 0.3) is 0 Å². The standard InChI is InChI=1S/C15H23N3O.ClH/c1-11(16)13-8-9-18(10-13)12(2)15(19)17-14-6-4-3-5-7-14;/h3-7,11-13H,8-10,16H2,1-2H3,(H,17,19);1H. The van der Waals surface area contributed by atoms with Crippen molar-refractivity contribution in [1.29, 1.82) is 0 Å². The SMILES string of the molecule is CC(N)C1CCN(C(C)C(=O)Nc2ccccc2)C1.Cl. The first-order valence-corrected chi connectivity index (χ1v) is 6.93. The molecule has 1 heterocycles. The number of hydrogen-bond acceptors (Lipinski definition) is 3. The fourth-order valence-electron chi connectivity index (χ4n) is 2.53. The predicted octanol–water partition coefficient (Wildman–Crippen LogP) is 2.10. The van der Waals surface area contributed by atoms with E-state index in [1.165, 1.54) is 0 Å². The summed E-state index contributed by atoms with van der Waals surface area (Å²) in [5, 5.41) is 2.95. The lowest BCUT2D eigenvalue weighted by molar-refractivity contribution is -0.120. The van der Waals surface area contributed by atoms with Crippen molar-refractivity contribution in [3.63, 3.8) is 0 Å². The van der Waals surface area contributed by atoms with Gasteiger partial charge in [-0.1, -0.05) is 18.2 Å². The highest BCUT2D eigenvalue weighted by molar-refractivity contribution is 5.94. The summed E-state index contributed by atoms with van der Waals surface area (Å²) in [6, 6.07) is 9.68. The van der Waals surface area contributed by atoms with Crippen LogP contribution in [0.1, 0.15) is 20.3 Å². The molecule has 3 unspecified atom stereocenters. The zero-order valence-electron chi connectivity index (χ0n) is 12.1. The first-order valence-electron chi connectivity index (χ1n) is 6.93. The van der Waals surface area contributed by atoms with E-state index < -0.39 is 0 Å². The van der Waals surface area contributed by atoms with Crippen LogP contribution in [-0.4, -0.2) is 36.0 Å². The van der Waals surface area contributed by atoms with E-state index in [0.717, 1.165) is 25.2 Å². The number of carbonyl (C=O) groups is 1. The van der Waals surface area contributed by atoms with Crippen molar-refractivity contribution in [2.24, 2.45) is 11.7 Å². The molecule has 0 aromatic heterocycles. The number of carbonyl (C=O) groups excluding carboxylic acids is 1. The Kier molecular flexibility index (Phi) is 6.46. The molecular weight excluding hydrogens is 274 g/mol. The van der Waals surface area contributed by atoms with Gasteiger partial charge in [0.2, 0.25) is 5.91 Å². The summed E-state index contributed by atoms with van der Waals surface area (Å²) >= 11 is 0. The fourth-order valence-corrected chi connectivity index (χ4v) is 2.53. The number of para-hydroxylation sites is 1. The van der Waals surface area contributed by atoms with E-state index in [1.54, 1.807) is 0 Å². The molecule has 1 aromatic rings. The molecule has 0 bridgehead atoms. The van der Waals surface area contributed by atoms with Crippen molar-refractivity contribution in [2.45, 2.75) is 32.4 Å². The number of nitrogens with zero attached hydrogens (tertiary/aromatic N) is 1. The monoisotopic (exact) mass is 297 g/mol. The van der Waals surface area contributed by atoms with Gasteiger partial charge in [-0.2, -0.15) is 0 Å².